The van der Waals surface area contributed by atoms with E-state index in [4.69, 9.17) is 9.47 Å². The van der Waals surface area contributed by atoms with Crippen molar-refractivity contribution in [1.29, 1.82) is 0 Å². The van der Waals surface area contributed by atoms with Crippen LogP contribution in [-0.4, -0.2) is 23.8 Å². The predicted octanol–water partition coefficient (Wildman–Crippen LogP) is -1.43. The van der Waals surface area contributed by atoms with Gasteiger partial charge in [-0.05, 0) is 12.3 Å². The van der Waals surface area contributed by atoms with E-state index in [0.717, 1.165) is 0 Å². The molecule has 0 radical (unpaired) electrons. The van der Waals surface area contributed by atoms with Crippen molar-refractivity contribution in [3.8, 4) is 0 Å². The summed E-state index contributed by atoms with van der Waals surface area (Å²) in [5.41, 5.74) is -0.125. The van der Waals surface area contributed by atoms with Gasteiger partial charge in [-0.25, -0.2) is 4.79 Å². The number of hydrogen-bond donors (Lipinski definition) is 0. The molecule has 1 atom stereocenters. The van der Waals surface area contributed by atoms with Crippen molar-refractivity contribution in [3.63, 3.8) is 0 Å². The molecule has 0 saturated heterocycles. The van der Waals surface area contributed by atoms with Crippen LogP contribution < -0.4 is 24.0 Å². The van der Waals surface area contributed by atoms with Crippen molar-refractivity contribution in [3.05, 3.63) is 24.3 Å². The van der Waals surface area contributed by atoms with Gasteiger partial charge in [0.05, 0.1) is 12.2 Å². The van der Waals surface area contributed by atoms with Crippen LogP contribution in [0.15, 0.2) is 24.3 Å². The first-order chi connectivity index (χ1) is 7.79. The molecule has 0 aromatic heterocycles. The van der Waals surface area contributed by atoms with Crippen molar-refractivity contribution in [1.82, 2.24) is 4.90 Å². The third-order valence-electron chi connectivity index (χ3n) is 2.37. The van der Waals surface area contributed by atoms with Crippen molar-refractivity contribution in [2.24, 2.45) is 5.41 Å². The molecule has 1 aliphatic rings. The summed E-state index contributed by atoms with van der Waals surface area (Å²) in [5, 5.41) is 11.5. The third-order valence-corrected chi connectivity index (χ3v) is 2.37. The SMILES string of the molecule is C=CCOC(=O)N1C(C)=C([O-])O[C@H]1C(C)(C)C.[Li+]. The normalized spacial score (nSPS) is 19.1. The summed E-state index contributed by atoms with van der Waals surface area (Å²) in [7, 11) is 0. The molecule has 5 nitrogen and oxygen atoms in total. The summed E-state index contributed by atoms with van der Waals surface area (Å²) in [6.07, 6.45) is 0.249. The molecule has 1 amide bonds. The number of carbonyl (C=O) groups is 1. The van der Waals surface area contributed by atoms with E-state index >= 15 is 0 Å². The Morgan fingerprint density at radius 2 is 2.17 bits per heavy atom. The van der Waals surface area contributed by atoms with Crippen molar-refractivity contribution < 1.29 is 38.2 Å². The van der Waals surface area contributed by atoms with Crippen molar-refractivity contribution >= 4 is 6.09 Å². The summed E-state index contributed by atoms with van der Waals surface area (Å²) in [5.74, 6) is -0.486. The Bertz CT molecular complexity index is 360. The van der Waals surface area contributed by atoms with Gasteiger partial charge in [-0.1, -0.05) is 33.4 Å². The van der Waals surface area contributed by atoms with Gasteiger partial charge in [0.2, 0.25) is 0 Å². The van der Waals surface area contributed by atoms with Crippen LogP contribution in [0.4, 0.5) is 4.79 Å². The minimum atomic E-state index is -0.632. The molecular weight excluding hydrogens is 229 g/mol. The third kappa shape index (κ3) is 3.47. The summed E-state index contributed by atoms with van der Waals surface area (Å²) in [6.45, 7) is 10.8. The molecule has 0 fully saturated rings. The molecule has 96 valence electrons. The molecule has 1 heterocycles. The quantitative estimate of drug-likeness (QED) is 0.443. The summed E-state index contributed by atoms with van der Waals surface area (Å²) < 4.78 is 10.1. The van der Waals surface area contributed by atoms with Crippen LogP contribution in [0, 0.1) is 5.41 Å². The molecule has 0 aromatic rings. The molecule has 0 aromatic carbocycles. The Labute approximate surface area is 120 Å². The summed E-state index contributed by atoms with van der Waals surface area (Å²) in [6, 6.07) is 0. The van der Waals surface area contributed by atoms with E-state index in [2.05, 4.69) is 6.58 Å². The largest absolute Gasteiger partial charge is 1.00 e. The molecule has 0 aliphatic carbocycles. The van der Waals surface area contributed by atoms with Crippen LogP contribution in [0.1, 0.15) is 27.7 Å². The first-order valence-electron chi connectivity index (χ1n) is 5.40. The van der Waals surface area contributed by atoms with Gasteiger partial charge in [0.15, 0.2) is 0 Å². The molecule has 0 unspecified atom stereocenters. The monoisotopic (exact) mass is 247 g/mol. The molecule has 1 rings (SSSR count). The Hall–Kier alpha value is -1.05. The molecule has 0 saturated carbocycles. The molecule has 0 bridgehead atoms. The molecule has 1 aliphatic heterocycles. The van der Waals surface area contributed by atoms with E-state index in [9.17, 15) is 9.90 Å². The zero-order chi connectivity index (χ0) is 13.2. The number of amides is 1. The number of allylic oxidation sites excluding steroid dienone is 1. The topological polar surface area (TPSA) is 61.8 Å². The molecule has 0 N–H and O–H groups in total. The zero-order valence-electron chi connectivity index (χ0n) is 11.6. The van der Waals surface area contributed by atoms with Crippen LogP contribution in [0.3, 0.4) is 0 Å². The molecule has 0 spiro atoms. The Balaban J connectivity index is 0.00000289. The van der Waals surface area contributed by atoms with Gasteiger partial charge >= 0.3 is 25.0 Å². The van der Waals surface area contributed by atoms with E-state index in [0.29, 0.717) is 0 Å². The van der Waals surface area contributed by atoms with Gasteiger partial charge in [0.25, 0.3) is 0 Å². The Kier molecular flexibility index (Phi) is 5.85. The Morgan fingerprint density at radius 1 is 1.61 bits per heavy atom. The van der Waals surface area contributed by atoms with E-state index in [1.165, 1.54) is 11.0 Å². The number of rotatable bonds is 2. The summed E-state index contributed by atoms with van der Waals surface area (Å²) >= 11 is 0. The van der Waals surface area contributed by atoms with Gasteiger partial charge < -0.3 is 14.6 Å². The first kappa shape index (κ1) is 16.9. The van der Waals surface area contributed by atoms with Gasteiger partial charge in [-0.2, -0.15) is 0 Å². The maximum absolute atomic E-state index is 11.8. The van der Waals surface area contributed by atoms with Gasteiger partial charge in [-0.15, -0.1) is 0 Å². The zero-order valence-corrected chi connectivity index (χ0v) is 11.6. The van der Waals surface area contributed by atoms with Crippen LogP contribution in [0.2, 0.25) is 0 Å². The predicted molar refractivity (Wildman–Crippen MR) is 60.4 cm³/mol. The second-order valence-corrected chi connectivity index (χ2v) is 4.94. The van der Waals surface area contributed by atoms with Crippen LogP contribution >= 0.6 is 0 Å². The number of hydrogen-bond acceptors (Lipinski definition) is 4. The fourth-order valence-electron chi connectivity index (χ4n) is 1.51. The fourth-order valence-corrected chi connectivity index (χ4v) is 1.51. The van der Waals surface area contributed by atoms with Crippen molar-refractivity contribution in [2.45, 2.75) is 33.9 Å². The van der Waals surface area contributed by atoms with Crippen LogP contribution in [0.5, 0.6) is 0 Å². The average molecular weight is 247 g/mol. The van der Waals surface area contributed by atoms with Gasteiger partial charge in [0.1, 0.15) is 6.61 Å². The number of carbonyl (C=O) groups excluding carboxylic acids is 1. The van der Waals surface area contributed by atoms with E-state index in [1.54, 1.807) is 6.92 Å². The second kappa shape index (κ2) is 6.21. The standard InChI is InChI=1S/C12H19NO4.Li/c1-6-7-16-11(15)13-8(2)9(14)17-10(13)12(3,4)5;/h6,10,14H,1,7H2,2-5H3;/q;+1/p-1/t10-;/m0./s1. The van der Waals surface area contributed by atoms with E-state index in [1.807, 2.05) is 20.8 Å². The number of ether oxygens (including phenoxy) is 2. The minimum Gasteiger partial charge on any atom is -0.589 e. The summed E-state index contributed by atoms with van der Waals surface area (Å²) in [4.78, 5) is 13.1. The first-order valence-corrected chi connectivity index (χ1v) is 5.40. The van der Waals surface area contributed by atoms with E-state index < -0.39 is 18.3 Å². The molecular formula is C12H18LiNO4. The van der Waals surface area contributed by atoms with E-state index in [-0.39, 0.29) is 36.6 Å². The van der Waals surface area contributed by atoms with Crippen LogP contribution in [-0.2, 0) is 9.47 Å². The Morgan fingerprint density at radius 3 is 2.61 bits per heavy atom. The van der Waals surface area contributed by atoms with Gasteiger partial charge in [-0.3, -0.25) is 4.90 Å². The van der Waals surface area contributed by atoms with Crippen molar-refractivity contribution in [2.75, 3.05) is 6.61 Å². The maximum atomic E-state index is 11.8. The molecule has 6 heteroatoms. The average Bonchev–Trinajstić information content (AvgIpc) is 2.52. The van der Waals surface area contributed by atoms with Gasteiger partial charge in [0, 0.05) is 5.70 Å². The second-order valence-electron chi connectivity index (χ2n) is 4.94. The fraction of sp³-hybridized carbons (Fsp3) is 0.583. The minimum absolute atomic E-state index is 0. The maximum Gasteiger partial charge on any atom is 1.00 e. The number of nitrogens with zero attached hydrogens (tertiary/aromatic N) is 1. The smallest absolute Gasteiger partial charge is 0.589 e. The molecule has 18 heavy (non-hydrogen) atoms. The van der Waals surface area contributed by atoms with Crippen LogP contribution in [0.25, 0.3) is 0 Å².